The van der Waals surface area contributed by atoms with Gasteiger partial charge in [-0.1, -0.05) is 12.1 Å². The summed E-state index contributed by atoms with van der Waals surface area (Å²) in [6.45, 7) is 7.48. The highest BCUT2D eigenvalue weighted by Crippen LogP contribution is 2.19. The zero-order chi connectivity index (χ0) is 37.5. The van der Waals surface area contributed by atoms with E-state index in [1.807, 2.05) is 0 Å². The molecule has 0 aliphatic carbocycles. The van der Waals surface area contributed by atoms with Crippen LogP contribution in [0.25, 0.3) is 0 Å². The van der Waals surface area contributed by atoms with E-state index in [2.05, 4.69) is 15.6 Å². The molecule has 0 saturated carbocycles. The van der Waals surface area contributed by atoms with Gasteiger partial charge in [0.1, 0.15) is 0 Å². The van der Waals surface area contributed by atoms with Crippen LogP contribution in [-0.2, 0) is 49.3 Å². The average molecular weight is 711 g/mol. The Hall–Kier alpha value is -6.15. The van der Waals surface area contributed by atoms with Crippen molar-refractivity contribution in [2.75, 3.05) is 31.1 Å². The number of esters is 3. The lowest BCUT2D eigenvalue weighted by Gasteiger charge is -2.33. The number of carboxylic acid groups (broad SMARTS) is 1. The number of alkyl carbamates (subject to hydrolysis) is 1. The van der Waals surface area contributed by atoms with Crippen molar-refractivity contribution in [2.24, 2.45) is 4.99 Å². The highest BCUT2D eigenvalue weighted by molar-refractivity contribution is 6.19. The molecule has 0 radical (unpaired) electrons. The van der Waals surface area contributed by atoms with Gasteiger partial charge in [0.2, 0.25) is 24.8 Å². The zero-order valence-corrected chi connectivity index (χ0v) is 28.0. The molecule has 0 bridgehead atoms. The van der Waals surface area contributed by atoms with Gasteiger partial charge in [0.05, 0.1) is 5.69 Å². The van der Waals surface area contributed by atoms with E-state index in [1.165, 1.54) is 54.8 Å². The second kappa shape index (κ2) is 19.0. The van der Waals surface area contributed by atoms with Gasteiger partial charge in [-0.2, -0.15) is 0 Å². The Morgan fingerprint density at radius 2 is 1.22 bits per heavy atom. The molecule has 3 unspecified atom stereocenters. The maximum Gasteiger partial charge on any atom is 0.439 e. The smallest absolute Gasteiger partial charge is 0.439 e. The zero-order valence-electron chi connectivity index (χ0n) is 28.0. The molecule has 21 nitrogen and oxygen atoms in total. The van der Waals surface area contributed by atoms with Crippen molar-refractivity contribution in [3.05, 3.63) is 29.8 Å². The number of urea groups is 1. The number of carbonyl (C=O) groups excluding carboxylic acids is 7. The minimum absolute atomic E-state index is 0.00606. The second-order valence-corrected chi connectivity index (χ2v) is 10.2. The van der Waals surface area contributed by atoms with Crippen molar-refractivity contribution < 1.29 is 71.9 Å². The summed E-state index contributed by atoms with van der Waals surface area (Å²) in [5, 5.41) is 13.9. The Morgan fingerprint density at radius 1 is 0.740 bits per heavy atom. The van der Waals surface area contributed by atoms with Crippen molar-refractivity contribution in [3.8, 4) is 0 Å². The molecule has 0 aromatic heterocycles. The van der Waals surface area contributed by atoms with Crippen LogP contribution in [-0.4, -0.2) is 114 Å². The van der Waals surface area contributed by atoms with E-state index in [-0.39, 0.29) is 38.4 Å². The van der Waals surface area contributed by atoms with Gasteiger partial charge in [0, 0.05) is 74.3 Å². The van der Waals surface area contributed by atoms with Gasteiger partial charge in [-0.05, 0) is 17.7 Å². The largest absolute Gasteiger partial charge is 0.465 e. The molecule has 1 aliphatic rings. The van der Waals surface area contributed by atoms with Crippen molar-refractivity contribution in [2.45, 2.75) is 67.0 Å². The number of ether oxygens (including phenoxy) is 6. The van der Waals surface area contributed by atoms with E-state index in [9.17, 15) is 38.4 Å². The predicted molar refractivity (Wildman–Crippen MR) is 166 cm³/mol. The fourth-order valence-electron chi connectivity index (χ4n) is 4.10. The third-order valence-corrected chi connectivity index (χ3v) is 6.08. The minimum atomic E-state index is -1.47. The summed E-state index contributed by atoms with van der Waals surface area (Å²) >= 11 is 0. The number of amides is 6. The number of benzene rings is 1. The molecule has 1 saturated heterocycles. The molecule has 3 atom stereocenters. The van der Waals surface area contributed by atoms with Crippen LogP contribution in [0.4, 0.5) is 29.7 Å². The summed E-state index contributed by atoms with van der Waals surface area (Å²) < 4.78 is 29.3. The minimum Gasteiger partial charge on any atom is -0.465 e. The summed E-state index contributed by atoms with van der Waals surface area (Å²) in [6.07, 6.45) is -9.58. The SMILES string of the molecule is CC(=O)OC(C)OC(=O)N=C(NC(=O)OC(C)OC(C)=O)N(C(=O)OC(C)OC(C)=O)c1ccc(CNC(=O)N2CCN(C(=O)O)CC2)cc1. The van der Waals surface area contributed by atoms with Crippen LogP contribution in [0.2, 0.25) is 0 Å². The number of nitrogens with zero attached hydrogens (tertiary/aromatic N) is 4. The van der Waals surface area contributed by atoms with Crippen molar-refractivity contribution in [1.29, 1.82) is 0 Å². The molecule has 1 aliphatic heterocycles. The lowest BCUT2D eigenvalue weighted by Crippen LogP contribution is -2.52. The number of hydrogen-bond donors (Lipinski definition) is 3. The first-order valence-electron chi connectivity index (χ1n) is 14.8. The highest BCUT2D eigenvalue weighted by atomic mass is 16.7. The standard InChI is InChI=1S/C29H38N6O15/c1-16(36)45-19(4)48-26(40)31-24(32-27(41)49-20(5)46-17(2)37)35(29(44)50-21(6)47-18(3)38)23-9-7-22(8-10-23)15-30-25(39)33-11-13-34(14-12-33)28(42)43/h7-10,19-21H,11-15H2,1-6H3,(H,30,39)(H,42,43)(H,31,32,40,41). The topological polar surface area (TPSA) is 258 Å². The molecular formula is C29H38N6O15. The fraction of sp³-hybridized carbons (Fsp3) is 0.483. The van der Waals surface area contributed by atoms with Crippen molar-refractivity contribution >= 4 is 60.0 Å². The normalized spacial score (nSPS) is 14.5. The van der Waals surface area contributed by atoms with E-state index in [0.717, 1.165) is 20.8 Å². The number of anilines is 1. The van der Waals surface area contributed by atoms with Gasteiger partial charge in [-0.15, -0.1) is 4.99 Å². The van der Waals surface area contributed by atoms with Crippen LogP contribution in [0.1, 0.15) is 47.1 Å². The summed E-state index contributed by atoms with van der Waals surface area (Å²) in [6, 6.07) is 5.13. The van der Waals surface area contributed by atoms with Crippen LogP contribution in [0.5, 0.6) is 0 Å². The van der Waals surface area contributed by atoms with Gasteiger partial charge < -0.3 is 48.6 Å². The summed E-state index contributed by atoms with van der Waals surface area (Å²) in [7, 11) is 0. The Balaban J connectivity index is 2.40. The van der Waals surface area contributed by atoms with Crippen LogP contribution in [0.15, 0.2) is 29.3 Å². The number of hydrogen-bond acceptors (Lipinski definition) is 14. The molecule has 0 spiro atoms. The van der Waals surface area contributed by atoms with Gasteiger partial charge >= 0.3 is 48.3 Å². The molecule has 1 fully saturated rings. The molecule has 1 aromatic carbocycles. The third kappa shape index (κ3) is 13.9. The van der Waals surface area contributed by atoms with Crippen LogP contribution >= 0.6 is 0 Å². The molecule has 21 heteroatoms. The molecule has 6 amide bonds. The molecule has 1 heterocycles. The van der Waals surface area contributed by atoms with E-state index >= 15 is 0 Å². The van der Waals surface area contributed by atoms with Gasteiger partial charge in [-0.3, -0.25) is 19.7 Å². The Kier molecular flexibility index (Phi) is 15.2. The number of piperazine rings is 1. The van der Waals surface area contributed by atoms with E-state index in [0.29, 0.717) is 10.5 Å². The van der Waals surface area contributed by atoms with Crippen LogP contribution < -0.4 is 15.5 Å². The number of nitrogens with one attached hydrogen (secondary N) is 2. The number of aliphatic imine (C=N–C) groups is 1. The number of carbonyl (C=O) groups is 8. The molecule has 2 rings (SSSR count). The fourth-order valence-corrected chi connectivity index (χ4v) is 4.10. The maximum absolute atomic E-state index is 13.5. The molecule has 1 aromatic rings. The summed E-state index contributed by atoms with van der Waals surface area (Å²) in [5.41, 5.74) is 0.418. The first kappa shape index (κ1) is 40.0. The van der Waals surface area contributed by atoms with E-state index in [4.69, 9.17) is 33.5 Å². The number of guanidine groups is 1. The summed E-state index contributed by atoms with van der Waals surface area (Å²) in [4.78, 5) is 103. The highest BCUT2D eigenvalue weighted by Gasteiger charge is 2.30. The second-order valence-electron chi connectivity index (χ2n) is 10.2. The average Bonchev–Trinajstić information content (AvgIpc) is 2.99. The molecule has 3 N–H and O–H groups in total. The third-order valence-electron chi connectivity index (χ3n) is 6.08. The van der Waals surface area contributed by atoms with Crippen molar-refractivity contribution in [1.82, 2.24) is 20.4 Å². The van der Waals surface area contributed by atoms with Gasteiger partial charge in [0.25, 0.3) is 0 Å². The van der Waals surface area contributed by atoms with E-state index in [1.54, 1.807) is 0 Å². The quantitative estimate of drug-likeness (QED) is 0.109. The first-order chi connectivity index (χ1) is 23.4. The molecule has 274 valence electrons. The lowest BCUT2D eigenvalue weighted by molar-refractivity contribution is -0.163. The Morgan fingerprint density at radius 3 is 1.72 bits per heavy atom. The summed E-state index contributed by atoms with van der Waals surface area (Å²) in [5.74, 6) is -3.27. The first-order valence-corrected chi connectivity index (χ1v) is 14.8. The molecular weight excluding hydrogens is 672 g/mol. The Labute approximate surface area is 285 Å². The number of rotatable bonds is 9. The Bertz CT molecular complexity index is 1460. The lowest BCUT2D eigenvalue weighted by atomic mass is 10.2. The molecule has 50 heavy (non-hydrogen) atoms. The van der Waals surface area contributed by atoms with Crippen LogP contribution in [0, 0.1) is 0 Å². The van der Waals surface area contributed by atoms with Crippen LogP contribution in [0.3, 0.4) is 0 Å². The predicted octanol–water partition coefficient (Wildman–Crippen LogP) is 2.08. The maximum atomic E-state index is 13.5. The van der Waals surface area contributed by atoms with Gasteiger partial charge in [0.15, 0.2) is 0 Å². The van der Waals surface area contributed by atoms with Crippen molar-refractivity contribution in [3.63, 3.8) is 0 Å². The van der Waals surface area contributed by atoms with E-state index < -0.39 is 73.1 Å². The monoisotopic (exact) mass is 710 g/mol. The van der Waals surface area contributed by atoms with Gasteiger partial charge in [-0.25, -0.2) is 28.9 Å².